The van der Waals surface area contributed by atoms with Gasteiger partial charge in [0.1, 0.15) is 0 Å². The lowest BCUT2D eigenvalue weighted by Crippen LogP contribution is -1.92. The van der Waals surface area contributed by atoms with Gasteiger partial charge < -0.3 is 14.8 Å². The van der Waals surface area contributed by atoms with Crippen LogP contribution in [0.3, 0.4) is 0 Å². The number of benzene rings is 1. The molecule has 16 heavy (non-hydrogen) atoms. The van der Waals surface area contributed by atoms with Crippen LogP contribution in [-0.2, 0) is 6.54 Å². The molecule has 7 nitrogen and oxygen atoms in total. The van der Waals surface area contributed by atoms with Gasteiger partial charge in [-0.3, -0.25) is 15.4 Å². The first-order chi connectivity index (χ1) is 7.92. The Bertz CT molecular complexity index is 485. The number of fused-ring (bicyclic) bond motifs is 1. The first-order valence-electron chi connectivity index (χ1n) is 4.71. The summed E-state index contributed by atoms with van der Waals surface area (Å²) in [5.74, 6) is 1.86. The first-order valence-corrected chi connectivity index (χ1v) is 4.71. The molecule has 82 valence electrons. The molecule has 0 saturated heterocycles. The molecule has 1 aliphatic heterocycles. The monoisotopic (exact) mass is 218 g/mol. The molecule has 0 aliphatic carbocycles. The first kappa shape index (κ1) is 8.96. The summed E-state index contributed by atoms with van der Waals surface area (Å²) >= 11 is 0. The van der Waals surface area contributed by atoms with Crippen molar-refractivity contribution in [3.8, 4) is 11.5 Å². The van der Waals surface area contributed by atoms with E-state index in [1.54, 1.807) is 0 Å². The van der Waals surface area contributed by atoms with Gasteiger partial charge in [0.15, 0.2) is 11.5 Å². The number of hydrogen-bond donors (Lipinski definition) is 1. The van der Waals surface area contributed by atoms with Gasteiger partial charge in [-0.2, -0.15) is 0 Å². The highest BCUT2D eigenvalue weighted by atomic mass is 16.7. The van der Waals surface area contributed by atoms with E-state index in [1.807, 2.05) is 18.2 Å². The quantitative estimate of drug-likeness (QED) is 0.834. The predicted molar refractivity (Wildman–Crippen MR) is 53.5 cm³/mol. The maximum atomic E-state index is 5.26. The van der Waals surface area contributed by atoms with Crippen LogP contribution in [0.2, 0.25) is 0 Å². The highest BCUT2D eigenvalue weighted by Crippen LogP contribution is 2.33. The summed E-state index contributed by atoms with van der Waals surface area (Å²) in [7, 11) is 0. The van der Waals surface area contributed by atoms with Crippen LogP contribution in [0, 0.1) is 0 Å². The van der Waals surface area contributed by atoms with Gasteiger partial charge in [-0.1, -0.05) is 6.07 Å². The van der Waals surface area contributed by atoms with E-state index in [0.717, 1.165) is 17.1 Å². The van der Waals surface area contributed by atoms with Gasteiger partial charge in [-0.15, -0.1) is 5.21 Å². The van der Waals surface area contributed by atoms with Crippen molar-refractivity contribution in [1.29, 1.82) is 0 Å². The fourth-order valence-electron chi connectivity index (χ4n) is 1.42. The molecule has 0 saturated carbocycles. The lowest BCUT2D eigenvalue weighted by atomic mass is 10.2. The zero-order valence-corrected chi connectivity index (χ0v) is 8.25. The molecule has 0 fully saturated rings. The molecule has 1 N–H and O–H groups in total. The molecule has 2 aromatic rings. The number of aromatic nitrogens is 4. The summed E-state index contributed by atoms with van der Waals surface area (Å²) in [6.45, 7) is 0.761. The molecule has 1 aromatic carbocycles. The van der Waals surface area contributed by atoms with Crippen molar-refractivity contribution in [3.05, 3.63) is 29.1 Å². The second-order valence-corrected chi connectivity index (χ2v) is 3.22. The summed E-state index contributed by atoms with van der Waals surface area (Å²) in [4.78, 5) is 0. The van der Waals surface area contributed by atoms with Crippen LogP contribution in [0.25, 0.3) is 5.32 Å². The Morgan fingerprint density at radius 3 is 3.12 bits per heavy atom. The third-order valence-corrected chi connectivity index (χ3v) is 2.17. The zero-order valence-electron chi connectivity index (χ0n) is 8.25. The van der Waals surface area contributed by atoms with Gasteiger partial charge >= 0.3 is 0 Å². The number of ether oxygens (including phenoxy) is 2. The number of nitrogens with one attached hydrogen (secondary N) is 1. The Morgan fingerprint density at radius 1 is 1.31 bits per heavy atom. The Morgan fingerprint density at radius 2 is 2.25 bits per heavy atom. The molecule has 0 unspecified atom stereocenters. The largest absolute Gasteiger partial charge is 0.454 e. The topological polar surface area (TPSA) is 87.0 Å². The van der Waals surface area contributed by atoms with Crippen LogP contribution in [0.1, 0.15) is 5.56 Å². The summed E-state index contributed by atoms with van der Waals surface area (Å²) in [5.41, 5.74) is 1.01. The van der Waals surface area contributed by atoms with Crippen molar-refractivity contribution >= 4 is 5.95 Å². The van der Waals surface area contributed by atoms with Crippen LogP contribution >= 0.6 is 0 Å². The van der Waals surface area contributed by atoms with Gasteiger partial charge in [-0.25, -0.2) is 0 Å². The van der Waals surface area contributed by atoms with Crippen LogP contribution in [0.15, 0.2) is 18.2 Å². The van der Waals surface area contributed by atoms with Gasteiger partial charge in [0.25, 0.3) is 0 Å². The summed E-state index contributed by atoms with van der Waals surface area (Å²) in [6, 6.07) is 5.69. The average molecular weight is 218 g/mol. The number of aromatic amines is 1. The molecule has 0 atom stereocenters. The van der Waals surface area contributed by atoms with E-state index in [9.17, 15) is 0 Å². The van der Waals surface area contributed by atoms with E-state index in [1.165, 1.54) is 0 Å². The summed E-state index contributed by atoms with van der Waals surface area (Å²) in [6.07, 6.45) is 0. The fraction of sp³-hybridized carbons (Fsp3) is 0.222. The molecule has 2 heterocycles. The summed E-state index contributed by atoms with van der Waals surface area (Å²) < 4.78 is 10.5. The number of tetrazole rings is 1. The fourth-order valence-corrected chi connectivity index (χ4v) is 1.42. The molecular weight excluding hydrogens is 210 g/mol. The highest BCUT2D eigenvalue weighted by molar-refractivity contribution is 5.45. The lowest BCUT2D eigenvalue weighted by Gasteiger charge is -2.07. The SMILES string of the molecule is c1cc2c(cc1C[N-]c1nn[nH]n1)OCO2. The van der Waals surface area contributed by atoms with Crippen LogP contribution in [-0.4, -0.2) is 27.4 Å². The Balaban J connectivity index is 1.71. The molecule has 0 spiro atoms. The molecule has 1 aliphatic rings. The molecule has 0 radical (unpaired) electrons. The lowest BCUT2D eigenvalue weighted by molar-refractivity contribution is 0.174. The van der Waals surface area contributed by atoms with Crippen LogP contribution in [0.4, 0.5) is 5.95 Å². The normalized spacial score (nSPS) is 12.8. The second kappa shape index (κ2) is 3.69. The number of rotatable bonds is 3. The minimum Gasteiger partial charge on any atom is -0.454 e. The molecule has 0 amide bonds. The van der Waals surface area contributed by atoms with Crippen molar-refractivity contribution in [3.63, 3.8) is 0 Å². The zero-order chi connectivity index (χ0) is 10.8. The Labute approximate surface area is 90.8 Å². The van der Waals surface area contributed by atoms with Crippen molar-refractivity contribution in [2.75, 3.05) is 6.79 Å². The molecular formula is C9H8N5O2-. The second-order valence-electron chi connectivity index (χ2n) is 3.22. The van der Waals surface area contributed by atoms with Crippen LogP contribution in [0.5, 0.6) is 11.5 Å². The molecule has 3 rings (SSSR count). The highest BCUT2D eigenvalue weighted by Gasteiger charge is 2.12. The van der Waals surface area contributed by atoms with E-state index in [2.05, 4.69) is 25.9 Å². The van der Waals surface area contributed by atoms with Crippen molar-refractivity contribution in [2.24, 2.45) is 0 Å². The van der Waals surface area contributed by atoms with Crippen molar-refractivity contribution in [2.45, 2.75) is 6.54 Å². The molecule has 1 aromatic heterocycles. The Kier molecular flexibility index (Phi) is 2.06. The number of H-pyrrole nitrogens is 1. The van der Waals surface area contributed by atoms with Crippen LogP contribution < -0.4 is 9.47 Å². The Hall–Kier alpha value is -2.31. The van der Waals surface area contributed by atoms with Gasteiger partial charge in [0, 0.05) is 6.54 Å². The third-order valence-electron chi connectivity index (χ3n) is 2.17. The number of nitrogens with zero attached hydrogens (tertiary/aromatic N) is 4. The van der Waals surface area contributed by atoms with Gasteiger partial charge in [0.05, 0.1) is 5.95 Å². The van der Waals surface area contributed by atoms with Gasteiger partial charge in [-0.05, 0) is 17.7 Å². The van der Waals surface area contributed by atoms with E-state index in [0.29, 0.717) is 12.5 Å². The third kappa shape index (κ3) is 1.62. The molecule has 7 heteroatoms. The standard InChI is InChI=1S/C9H8N5O2/c1-2-7-8(16-5-15-7)3-6(1)4-10-9-11-13-14-12-9/h1-3H,4-5H2,(H-,10,11,12,13,14)/q-1. The van der Waals surface area contributed by atoms with E-state index in [-0.39, 0.29) is 6.79 Å². The maximum Gasteiger partial charge on any atom is 0.231 e. The number of hydrogen-bond acceptors (Lipinski definition) is 5. The van der Waals surface area contributed by atoms with Crippen molar-refractivity contribution in [1.82, 2.24) is 20.6 Å². The van der Waals surface area contributed by atoms with E-state index >= 15 is 0 Å². The minimum absolute atomic E-state index is 0.279. The average Bonchev–Trinajstić information content (AvgIpc) is 2.97. The predicted octanol–water partition coefficient (Wildman–Crippen LogP) is 1.13. The molecule has 0 bridgehead atoms. The van der Waals surface area contributed by atoms with Crippen molar-refractivity contribution < 1.29 is 9.47 Å². The summed E-state index contributed by atoms with van der Waals surface area (Å²) in [5, 5.41) is 17.4. The van der Waals surface area contributed by atoms with E-state index < -0.39 is 0 Å². The van der Waals surface area contributed by atoms with Gasteiger partial charge in [0.2, 0.25) is 6.79 Å². The maximum absolute atomic E-state index is 5.26. The smallest absolute Gasteiger partial charge is 0.231 e. The minimum atomic E-state index is 0.279. The van der Waals surface area contributed by atoms with E-state index in [4.69, 9.17) is 9.47 Å².